The number of carboxylic acids is 1. The summed E-state index contributed by atoms with van der Waals surface area (Å²) in [6.45, 7) is 0. The highest BCUT2D eigenvalue weighted by molar-refractivity contribution is 14.1. The fraction of sp³-hybridized carbons (Fsp3) is 0.250. The van der Waals surface area contributed by atoms with E-state index in [9.17, 15) is 14.4 Å². The molecular weight excluding hydrogens is 349 g/mol. The molecule has 1 atom stereocenters. The fourth-order valence-electron chi connectivity index (χ4n) is 1.33. The van der Waals surface area contributed by atoms with E-state index in [1.807, 2.05) is 6.07 Å². The van der Waals surface area contributed by atoms with Crippen molar-refractivity contribution in [2.45, 2.75) is 18.9 Å². The number of rotatable bonds is 6. The molecule has 0 unspecified atom stereocenters. The Labute approximate surface area is 118 Å². The predicted molar refractivity (Wildman–Crippen MR) is 73.3 cm³/mol. The lowest BCUT2D eigenvalue weighted by Crippen LogP contribution is -2.36. The van der Waals surface area contributed by atoms with Gasteiger partial charge in [-0.25, -0.2) is 0 Å². The van der Waals surface area contributed by atoms with Crippen molar-refractivity contribution < 1.29 is 19.5 Å². The molecule has 0 saturated heterocycles. The highest BCUT2D eigenvalue weighted by Crippen LogP contribution is 2.08. The first-order chi connectivity index (χ1) is 8.52. The molecule has 6 heteroatoms. The number of nitrogens with one attached hydrogen (secondary N) is 1. The van der Waals surface area contributed by atoms with Crippen LogP contribution in [-0.2, 0) is 9.59 Å². The topological polar surface area (TPSA) is 83.5 Å². The van der Waals surface area contributed by atoms with Gasteiger partial charge in [-0.2, -0.15) is 0 Å². The third-order valence-electron chi connectivity index (χ3n) is 2.24. The van der Waals surface area contributed by atoms with Crippen LogP contribution in [-0.4, -0.2) is 29.3 Å². The summed E-state index contributed by atoms with van der Waals surface area (Å²) in [5.41, 5.74) is 0.448. The summed E-state index contributed by atoms with van der Waals surface area (Å²) < 4.78 is 0.911. The Morgan fingerprint density at radius 1 is 1.44 bits per heavy atom. The zero-order valence-electron chi connectivity index (χ0n) is 9.43. The largest absolute Gasteiger partial charge is 0.481 e. The van der Waals surface area contributed by atoms with Gasteiger partial charge in [0.15, 0.2) is 0 Å². The second-order valence-electron chi connectivity index (χ2n) is 3.66. The first-order valence-corrected chi connectivity index (χ1v) is 6.34. The van der Waals surface area contributed by atoms with E-state index in [2.05, 4.69) is 27.9 Å². The molecule has 96 valence electrons. The van der Waals surface area contributed by atoms with Crippen molar-refractivity contribution in [3.05, 3.63) is 33.4 Å². The SMILES string of the molecule is O=C[C@H](CCC(=O)O)NC(=O)c1cccc(I)c1. The molecule has 1 amide bonds. The van der Waals surface area contributed by atoms with Crippen LogP contribution in [0.5, 0.6) is 0 Å². The maximum absolute atomic E-state index is 11.8. The lowest BCUT2D eigenvalue weighted by Gasteiger charge is -2.11. The lowest BCUT2D eigenvalue weighted by atomic mass is 10.1. The van der Waals surface area contributed by atoms with Gasteiger partial charge < -0.3 is 15.2 Å². The molecule has 2 N–H and O–H groups in total. The van der Waals surface area contributed by atoms with Crippen LogP contribution in [0.4, 0.5) is 0 Å². The molecule has 1 aromatic carbocycles. The minimum absolute atomic E-state index is 0.0918. The Hall–Kier alpha value is -1.44. The molecule has 0 aliphatic carbocycles. The highest BCUT2D eigenvalue weighted by atomic mass is 127. The van der Waals surface area contributed by atoms with Crippen LogP contribution in [0.3, 0.4) is 0 Å². The van der Waals surface area contributed by atoms with Gasteiger partial charge in [-0.3, -0.25) is 9.59 Å². The van der Waals surface area contributed by atoms with Gasteiger partial charge in [0.2, 0.25) is 0 Å². The van der Waals surface area contributed by atoms with Crippen LogP contribution < -0.4 is 5.32 Å². The number of amides is 1. The van der Waals surface area contributed by atoms with Crippen molar-refractivity contribution in [2.24, 2.45) is 0 Å². The summed E-state index contributed by atoms with van der Waals surface area (Å²) in [5, 5.41) is 11.0. The number of carboxylic acid groups (broad SMARTS) is 1. The maximum atomic E-state index is 11.8. The average molecular weight is 361 g/mol. The Morgan fingerprint density at radius 2 is 2.17 bits per heavy atom. The molecular formula is C12H12INO4. The summed E-state index contributed by atoms with van der Waals surface area (Å²) in [6, 6.07) is 6.14. The van der Waals surface area contributed by atoms with Gasteiger partial charge in [0.1, 0.15) is 6.29 Å². The Balaban J connectivity index is 2.62. The van der Waals surface area contributed by atoms with Crippen molar-refractivity contribution in [3.63, 3.8) is 0 Å². The van der Waals surface area contributed by atoms with Crippen molar-refractivity contribution in [3.8, 4) is 0 Å². The van der Waals surface area contributed by atoms with Gasteiger partial charge in [-0.1, -0.05) is 6.07 Å². The third kappa shape index (κ3) is 4.82. The molecule has 0 radical (unpaired) electrons. The highest BCUT2D eigenvalue weighted by Gasteiger charge is 2.14. The van der Waals surface area contributed by atoms with E-state index >= 15 is 0 Å². The second-order valence-corrected chi connectivity index (χ2v) is 4.90. The summed E-state index contributed by atoms with van der Waals surface area (Å²) in [6.07, 6.45) is 0.485. The predicted octanol–water partition coefficient (Wildman–Crippen LogP) is 1.45. The number of halogens is 1. The molecule has 1 rings (SSSR count). The monoisotopic (exact) mass is 361 g/mol. The smallest absolute Gasteiger partial charge is 0.303 e. The van der Waals surface area contributed by atoms with Gasteiger partial charge in [0.25, 0.3) is 5.91 Å². The van der Waals surface area contributed by atoms with E-state index in [-0.39, 0.29) is 18.7 Å². The van der Waals surface area contributed by atoms with Crippen molar-refractivity contribution in [2.75, 3.05) is 0 Å². The van der Waals surface area contributed by atoms with E-state index in [4.69, 9.17) is 5.11 Å². The first-order valence-electron chi connectivity index (χ1n) is 5.26. The number of benzene rings is 1. The first kappa shape index (κ1) is 14.6. The zero-order chi connectivity index (χ0) is 13.5. The van der Waals surface area contributed by atoms with Gasteiger partial charge in [0.05, 0.1) is 6.04 Å². The Kier molecular flexibility index (Phi) is 5.76. The van der Waals surface area contributed by atoms with E-state index in [0.29, 0.717) is 11.8 Å². The number of aliphatic carboxylic acids is 1. The van der Waals surface area contributed by atoms with E-state index in [1.165, 1.54) is 0 Å². The summed E-state index contributed by atoms with van der Waals surface area (Å²) >= 11 is 2.08. The Morgan fingerprint density at radius 3 is 2.72 bits per heavy atom. The number of hydrogen-bond acceptors (Lipinski definition) is 3. The summed E-state index contributed by atoms with van der Waals surface area (Å²) in [7, 11) is 0. The number of aldehydes is 1. The molecule has 0 aromatic heterocycles. The van der Waals surface area contributed by atoms with Crippen LogP contribution >= 0.6 is 22.6 Å². The van der Waals surface area contributed by atoms with Crippen molar-refractivity contribution in [1.29, 1.82) is 0 Å². The molecule has 0 fully saturated rings. The maximum Gasteiger partial charge on any atom is 0.303 e. The molecule has 0 aliphatic heterocycles. The van der Waals surface area contributed by atoms with Gasteiger partial charge >= 0.3 is 5.97 Å². The fourth-order valence-corrected chi connectivity index (χ4v) is 1.88. The molecule has 5 nitrogen and oxygen atoms in total. The van der Waals surface area contributed by atoms with Crippen LogP contribution in [0.15, 0.2) is 24.3 Å². The van der Waals surface area contributed by atoms with Crippen LogP contribution in [0.2, 0.25) is 0 Å². The number of hydrogen-bond donors (Lipinski definition) is 2. The Bertz CT molecular complexity index is 461. The third-order valence-corrected chi connectivity index (χ3v) is 2.91. The standard InChI is InChI=1S/C12H12INO4/c13-9-3-1-2-8(6-9)12(18)14-10(7-15)4-5-11(16)17/h1-3,6-7,10H,4-5H2,(H,14,18)(H,16,17)/t10-/m0/s1. The molecule has 0 spiro atoms. The average Bonchev–Trinajstić information content (AvgIpc) is 2.34. The van der Waals surface area contributed by atoms with E-state index in [0.717, 1.165) is 3.57 Å². The molecule has 0 bridgehead atoms. The second kappa shape index (κ2) is 7.10. The molecule has 1 aromatic rings. The quantitative estimate of drug-likeness (QED) is 0.594. The molecule has 18 heavy (non-hydrogen) atoms. The molecule has 0 saturated carbocycles. The van der Waals surface area contributed by atoms with Crippen LogP contribution in [0, 0.1) is 3.57 Å². The lowest BCUT2D eigenvalue weighted by molar-refractivity contribution is -0.137. The van der Waals surface area contributed by atoms with Gasteiger partial charge in [0, 0.05) is 15.6 Å². The van der Waals surface area contributed by atoms with Crippen molar-refractivity contribution in [1.82, 2.24) is 5.32 Å². The number of carbonyl (C=O) groups is 3. The summed E-state index contributed by atoms with van der Waals surface area (Å²) in [4.78, 5) is 32.9. The van der Waals surface area contributed by atoms with Crippen LogP contribution in [0.1, 0.15) is 23.2 Å². The van der Waals surface area contributed by atoms with Crippen molar-refractivity contribution >= 4 is 40.8 Å². The minimum atomic E-state index is -0.995. The van der Waals surface area contributed by atoms with E-state index < -0.39 is 12.0 Å². The van der Waals surface area contributed by atoms with E-state index in [1.54, 1.807) is 18.2 Å². The minimum Gasteiger partial charge on any atom is -0.481 e. The molecule has 0 heterocycles. The normalized spacial score (nSPS) is 11.6. The number of carbonyl (C=O) groups excluding carboxylic acids is 2. The van der Waals surface area contributed by atoms with Gasteiger partial charge in [-0.05, 0) is 47.2 Å². The van der Waals surface area contributed by atoms with Gasteiger partial charge in [-0.15, -0.1) is 0 Å². The summed E-state index contributed by atoms with van der Waals surface area (Å²) in [5.74, 6) is -1.37. The van der Waals surface area contributed by atoms with Crippen LogP contribution in [0.25, 0.3) is 0 Å². The zero-order valence-corrected chi connectivity index (χ0v) is 11.6. The molecule has 0 aliphatic rings.